The van der Waals surface area contributed by atoms with E-state index in [9.17, 15) is 4.79 Å². The highest BCUT2D eigenvalue weighted by atomic mass is 16.6. The van der Waals surface area contributed by atoms with Gasteiger partial charge in [0.25, 0.3) is 0 Å². The fourth-order valence-corrected chi connectivity index (χ4v) is 4.25. The summed E-state index contributed by atoms with van der Waals surface area (Å²) in [5.41, 5.74) is 2.82. The van der Waals surface area contributed by atoms with E-state index in [1.807, 2.05) is 82.3 Å². The van der Waals surface area contributed by atoms with Crippen LogP contribution in [0.3, 0.4) is 0 Å². The van der Waals surface area contributed by atoms with Gasteiger partial charge in [0.05, 0.1) is 25.5 Å². The van der Waals surface area contributed by atoms with Crippen LogP contribution in [0.2, 0.25) is 0 Å². The molecule has 38 heavy (non-hydrogen) atoms. The van der Waals surface area contributed by atoms with Crippen molar-refractivity contribution in [2.75, 3.05) is 13.7 Å². The fraction of sp³-hybridized carbons (Fsp3) is 0.290. The van der Waals surface area contributed by atoms with Crippen LogP contribution in [0.5, 0.6) is 17.2 Å². The third kappa shape index (κ3) is 6.54. The molecule has 0 bridgehead atoms. The van der Waals surface area contributed by atoms with E-state index < -0.39 is 6.09 Å². The lowest BCUT2D eigenvalue weighted by Gasteiger charge is -2.32. The van der Waals surface area contributed by atoms with Crippen LogP contribution in [0.15, 0.2) is 83.3 Å². The number of methoxy groups -OCH3 is 1. The summed E-state index contributed by atoms with van der Waals surface area (Å²) in [6.45, 7) is 8.33. The van der Waals surface area contributed by atoms with Crippen LogP contribution in [0.1, 0.15) is 43.8 Å². The van der Waals surface area contributed by atoms with Crippen molar-refractivity contribution >= 4 is 6.09 Å². The minimum absolute atomic E-state index is 0.0573. The van der Waals surface area contributed by atoms with Gasteiger partial charge in [-0.25, -0.2) is 9.78 Å². The number of amides is 1. The third-order valence-corrected chi connectivity index (χ3v) is 6.33. The van der Waals surface area contributed by atoms with Gasteiger partial charge in [-0.15, -0.1) is 0 Å². The molecule has 198 valence electrons. The lowest BCUT2D eigenvalue weighted by atomic mass is 10.1. The Balaban J connectivity index is 1.34. The van der Waals surface area contributed by atoms with Crippen LogP contribution in [-0.4, -0.2) is 35.7 Å². The van der Waals surface area contributed by atoms with E-state index in [2.05, 4.69) is 4.98 Å². The van der Waals surface area contributed by atoms with Gasteiger partial charge in [0.2, 0.25) is 5.89 Å². The Kier molecular flexibility index (Phi) is 8.69. The van der Waals surface area contributed by atoms with Crippen molar-refractivity contribution < 1.29 is 23.4 Å². The zero-order valence-corrected chi connectivity index (χ0v) is 22.5. The summed E-state index contributed by atoms with van der Waals surface area (Å²) in [4.78, 5) is 19.4. The normalized spacial score (nSPS) is 11.7. The molecule has 1 aromatic heterocycles. The van der Waals surface area contributed by atoms with Gasteiger partial charge in [-0.05, 0) is 81.8 Å². The molecule has 4 rings (SSSR count). The van der Waals surface area contributed by atoms with Gasteiger partial charge >= 0.3 is 6.09 Å². The molecule has 0 fully saturated rings. The van der Waals surface area contributed by atoms with Crippen LogP contribution in [0, 0.1) is 6.92 Å². The van der Waals surface area contributed by atoms with Gasteiger partial charge in [0.15, 0.2) is 0 Å². The zero-order chi connectivity index (χ0) is 27.1. The number of benzene rings is 3. The molecule has 0 saturated heterocycles. The maximum Gasteiger partial charge on any atom is 0.415 e. The molecule has 4 aromatic rings. The smallest absolute Gasteiger partial charge is 0.415 e. The minimum Gasteiger partial charge on any atom is -0.497 e. The lowest BCUT2D eigenvalue weighted by Crippen LogP contribution is -2.40. The van der Waals surface area contributed by atoms with E-state index in [4.69, 9.17) is 18.6 Å². The van der Waals surface area contributed by atoms with Gasteiger partial charge < -0.3 is 18.6 Å². The molecular weight excluding hydrogens is 480 g/mol. The molecule has 1 atom stereocenters. The number of hydrogen-bond donors (Lipinski definition) is 0. The summed E-state index contributed by atoms with van der Waals surface area (Å²) < 4.78 is 22.6. The summed E-state index contributed by atoms with van der Waals surface area (Å²) in [5.74, 6) is 3.34. The Bertz CT molecular complexity index is 1310. The summed E-state index contributed by atoms with van der Waals surface area (Å²) in [5, 5.41) is 0. The zero-order valence-electron chi connectivity index (χ0n) is 22.5. The second-order valence-electron chi connectivity index (χ2n) is 9.28. The minimum atomic E-state index is -0.407. The molecule has 0 aliphatic heterocycles. The molecule has 0 N–H and O–H groups in total. The number of aromatic nitrogens is 1. The first-order valence-corrected chi connectivity index (χ1v) is 12.7. The number of nitrogens with zero attached hydrogens (tertiary/aromatic N) is 2. The van der Waals surface area contributed by atoms with E-state index >= 15 is 0 Å². The Labute approximate surface area is 224 Å². The summed E-state index contributed by atoms with van der Waals surface area (Å²) in [7, 11) is 1.60. The van der Waals surface area contributed by atoms with Crippen LogP contribution in [0.4, 0.5) is 4.79 Å². The molecule has 7 nitrogen and oxygen atoms in total. The van der Waals surface area contributed by atoms with Gasteiger partial charge in [0.1, 0.15) is 23.0 Å². The predicted octanol–water partition coefficient (Wildman–Crippen LogP) is 7.25. The Hall–Kier alpha value is -4.26. The number of carbonyl (C=O) groups excluding carboxylic acids is 1. The maximum atomic E-state index is 13.0. The van der Waals surface area contributed by atoms with Crippen LogP contribution >= 0.6 is 0 Å². The standard InChI is InChI=1S/C31H34N2O5/c1-21(2)33(31(34)38-28-17-15-26(35-5)16-18-28)22(3)24-11-13-27(14-12-24)36-20-19-29-23(4)37-30(32-29)25-9-7-6-8-10-25/h6-18,21-22H,19-20H2,1-5H3. The van der Waals surface area contributed by atoms with Crippen molar-refractivity contribution in [1.29, 1.82) is 0 Å². The van der Waals surface area contributed by atoms with Crippen LogP contribution < -0.4 is 14.2 Å². The molecule has 0 radical (unpaired) electrons. The van der Waals surface area contributed by atoms with Gasteiger partial charge in [-0.2, -0.15) is 0 Å². The second-order valence-corrected chi connectivity index (χ2v) is 9.28. The number of ether oxygens (including phenoxy) is 3. The predicted molar refractivity (Wildman–Crippen MR) is 147 cm³/mol. The molecule has 7 heteroatoms. The van der Waals surface area contributed by atoms with E-state index in [-0.39, 0.29) is 12.1 Å². The van der Waals surface area contributed by atoms with Crippen LogP contribution in [-0.2, 0) is 6.42 Å². The number of carbonyl (C=O) groups is 1. The highest BCUT2D eigenvalue weighted by molar-refractivity contribution is 5.71. The van der Waals surface area contributed by atoms with E-state index in [0.29, 0.717) is 30.4 Å². The summed E-state index contributed by atoms with van der Waals surface area (Å²) in [6, 6.07) is 24.4. The average Bonchev–Trinajstić information content (AvgIpc) is 3.30. The van der Waals surface area contributed by atoms with Gasteiger partial charge in [-0.1, -0.05) is 30.3 Å². The number of oxazole rings is 1. The van der Waals surface area contributed by atoms with E-state index in [1.165, 1.54) is 0 Å². The Morgan fingerprint density at radius 3 is 2.16 bits per heavy atom. The van der Waals surface area contributed by atoms with E-state index in [0.717, 1.165) is 28.3 Å². The summed E-state index contributed by atoms with van der Waals surface area (Å²) >= 11 is 0. The first-order valence-electron chi connectivity index (χ1n) is 12.7. The topological polar surface area (TPSA) is 74.0 Å². The Morgan fingerprint density at radius 1 is 0.895 bits per heavy atom. The molecule has 0 saturated carbocycles. The molecule has 0 aliphatic carbocycles. The molecule has 3 aromatic carbocycles. The SMILES string of the molecule is COc1ccc(OC(=O)N(C(C)C)C(C)c2ccc(OCCc3nc(-c4ccccc4)oc3C)cc2)cc1. The van der Waals surface area contributed by atoms with E-state index in [1.54, 1.807) is 36.3 Å². The molecule has 1 heterocycles. The van der Waals surface area contributed by atoms with Crippen molar-refractivity contribution in [3.05, 3.63) is 95.9 Å². The van der Waals surface area contributed by atoms with Crippen molar-refractivity contribution in [2.45, 2.75) is 46.2 Å². The maximum absolute atomic E-state index is 13.0. The molecular formula is C31H34N2O5. The molecule has 1 unspecified atom stereocenters. The fourth-order valence-electron chi connectivity index (χ4n) is 4.25. The highest BCUT2D eigenvalue weighted by Gasteiger charge is 2.26. The van der Waals surface area contributed by atoms with Crippen molar-refractivity contribution in [3.63, 3.8) is 0 Å². The first-order chi connectivity index (χ1) is 18.4. The number of aryl methyl sites for hydroxylation is 1. The molecule has 0 spiro atoms. The Morgan fingerprint density at radius 2 is 1.53 bits per heavy atom. The second kappa shape index (κ2) is 12.3. The van der Waals surface area contributed by atoms with Crippen molar-refractivity contribution in [1.82, 2.24) is 9.88 Å². The first kappa shape index (κ1) is 26.8. The monoisotopic (exact) mass is 514 g/mol. The molecule has 1 amide bonds. The molecule has 0 aliphatic rings. The highest BCUT2D eigenvalue weighted by Crippen LogP contribution is 2.27. The van der Waals surface area contributed by atoms with Gasteiger partial charge in [-0.3, -0.25) is 4.90 Å². The van der Waals surface area contributed by atoms with Crippen molar-refractivity contribution in [2.24, 2.45) is 0 Å². The van der Waals surface area contributed by atoms with Gasteiger partial charge in [0, 0.05) is 18.0 Å². The number of rotatable bonds is 10. The third-order valence-electron chi connectivity index (χ3n) is 6.33. The lowest BCUT2D eigenvalue weighted by molar-refractivity contribution is 0.118. The van der Waals surface area contributed by atoms with Crippen LogP contribution in [0.25, 0.3) is 11.5 Å². The average molecular weight is 515 g/mol. The van der Waals surface area contributed by atoms with Crippen molar-refractivity contribution in [3.8, 4) is 28.7 Å². The largest absolute Gasteiger partial charge is 0.497 e. The number of hydrogen-bond acceptors (Lipinski definition) is 6. The quantitative estimate of drug-likeness (QED) is 0.222. The summed E-state index contributed by atoms with van der Waals surface area (Å²) in [6.07, 6.45) is 0.231.